The van der Waals surface area contributed by atoms with Crippen molar-refractivity contribution >= 4 is 35.0 Å². The summed E-state index contributed by atoms with van der Waals surface area (Å²) in [5.41, 5.74) is 1.71. The van der Waals surface area contributed by atoms with Crippen LogP contribution in [-0.4, -0.2) is 19.9 Å². The van der Waals surface area contributed by atoms with E-state index in [0.29, 0.717) is 32.5 Å². The predicted molar refractivity (Wildman–Crippen MR) is 89.4 cm³/mol. The number of halogens is 2. The number of hydrogen-bond donors (Lipinski definition) is 1. The quantitative estimate of drug-likeness (QED) is 0.573. The third kappa shape index (κ3) is 3.19. The van der Waals surface area contributed by atoms with Gasteiger partial charge in [-0.25, -0.2) is 4.68 Å². The SMILES string of the molecule is Nn1c(SCc2ccc(Cl)c(Cl)c2)nnc1-c1ccccn1. The molecule has 0 amide bonds. The Kier molecular flexibility index (Phi) is 4.52. The van der Waals surface area contributed by atoms with Crippen LogP contribution in [0, 0.1) is 0 Å². The summed E-state index contributed by atoms with van der Waals surface area (Å²) in [5.74, 6) is 7.22. The Balaban J connectivity index is 1.76. The maximum absolute atomic E-state index is 6.04. The zero-order chi connectivity index (χ0) is 15.5. The van der Waals surface area contributed by atoms with Crippen molar-refractivity contribution in [1.29, 1.82) is 0 Å². The molecule has 0 aliphatic heterocycles. The summed E-state index contributed by atoms with van der Waals surface area (Å²) in [4.78, 5) is 4.22. The van der Waals surface area contributed by atoms with E-state index in [-0.39, 0.29) is 0 Å². The van der Waals surface area contributed by atoms with Crippen molar-refractivity contribution in [3.63, 3.8) is 0 Å². The van der Waals surface area contributed by atoms with Crippen molar-refractivity contribution in [3.05, 3.63) is 58.2 Å². The highest BCUT2D eigenvalue weighted by Crippen LogP contribution is 2.27. The van der Waals surface area contributed by atoms with Gasteiger partial charge in [-0.3, -0.25) is 4.98 Å². The molecule has 0 fully saturated rings. The molecule has 8 heteroatoms. The Bertz CT molecular complexity index is 791. The van der Waals surface area contributed by atoms with E-state index in [1.165, 1.54) is 16.4 Å². The molecule has 3 rings (SSSR count). The lowest BCUT2D eigenvalue weighted by atomic mass is 10.2. The lowest BCUT2D eigenvalue weighted by molar-refractivity contribution is 0.848. The van der Waals surface area contributed by atoms with Gasteiger partial charge in [-0.15, -0.1) is 10.2 Å². The van der Waals surface area contributed by atoms with Gasteiger partial charge in [0.15, 0.2) is 0 Å². The highest BCUT2D eigenvalue weighted by Gasteiger charge is 2.13. The molecule has 0 spiro atoms. The average Bonchev–Trinajstić information content (AvgIpc) is 2.90. The van der Waals surface area contributed by atoms with Gasteiger partial charge in [0.25, 0.3) is 0 Å². The van der Waals surface area contributed by atoms with Gasteiger partial charge >= 0.3 is 0 Å². The molecule has 2 heterocycles. The smallest absolute Gasteiger partial charge is 0.210 e. The maximum Gasteiger partial charge on any atom is 0.210 e. The van der Waals surface area contributed by atoms with Crippen LogP contribution in [0.25, 0.3) is 11.5 Å². The molecule has 112 valence electrons. The summed E-state index contributed by atoms with van der Waals surface area (Å²) in [7, 11) is 0. The zero-order valence-electron chi connectivity index (χ0n) is 11.3. The minimum atomic E-state index is 0.525. The first-order chi connectivity index (χ1) is 10.6. The number of pyridine rings is 1. The van der Waals surface area contributed by atoms with Crippen LogP contribution in [0.4, 0.5) is 0 Å². The molecule has 1 aromatic carbocycles. The predicted octanol–water partition coefficient (Wildman–Crippen LogP) is 3.65. The molecule has 2 aromatic heterocycles. The fourth-order valence-electron chi connectivity index (χ4n) is 1.82. The Morgan fingerprint density at radius 1 is 1.09 bits per heavy atom. The van der Waals surface area contributed by atoms with E-state index >= 15 is 0 Å². The molecule has 0 aliphatic rings. The van der Waals surface area contributed by atoms with Gasteiger partial charge < -0.3 is 5.84 Å². The molecule has 0 unspecified atom stereocenters. The van der Waals surface area contributed by atoms with Crippen LogP contribution in [0.5, 0.6) is 0 Å². The lowest BCUT2D eigenvalue weighted by Gasteiger charge is -2.04. The van der Waals surface area contributed by atoms with E-state index in [2.05, 4.69) is 15.2 Å². The Morgan fingerprint density at radius 3 is 2.68 bits per heavy atom. The molecule has 2 N–H and O–H groups in total. The monoisotopic (exact) mass is 351 g/mol. The van der Waals surface area contributed by atoms with E-state index in [4.69, 9.17) is 29.0 Å². The standard InChI is InChI=1S/C14H11Cl2N5S/c15-10-5-4-9(7-11(10)16)8-22-14-20-19-13(21(14)17)12-3-1-2-6-18-12/h1-7H,8,17H2. The van der Waals surface area contributed by atoms with Gasteiger partial charge in [-0.2, -0.15) is 0 Å². The molecule has 0 atom stereocenters. The van der Waals surface area contributed by atoms with E-state index in [0.717, 1.165) is 5.56 Å². The van der Waals surface area contributed by atoms with Gasteiger partial charge in [-0.05, 0) is 29.8 Å². The van der Waals surface area contributed by atoms with E-state index in [1.54, 1.807) is 12.3 Å². The molecule has 22 heavy (non-hydrogen) atoms. The maximum atomic E-state index is 6.04. The number of rotatable bonds is 4. The molecule has 5 nitrogen and oxygen atoms in total. The van der Waals surface area contributed by atoms with Gasteiger partial charge in [0.05, 0.1) is 10.0 Å². The number of aromatic nitrogens is 4. The van der Waals surface area contributed by atoms with Crippen molar-refractivity contribution in [3.8, 4) is 11.5 Å². The van der Waals surface area contributed by atoms with Crippen LogP contribution in [0.15, 0.2) is 47.8 Å². The summed E-state index contributed by atoms with van der Waals surface area (Å²) in [6.45, 7) is 0. The Morgan fingerprint density at radius 2 is 1.95 bits per heavy atom. The lowest BCUT2D eigenvalue weighted by Crippen LogP contribution is -2.12. The summed E-state index contributed by atoms with van der Waals surface area (Å²) in [6, 6.07) is 11.1. The Labute approximate surface area is 141 Å². The van der Waals surface area contributed by atoms with E-state index < -0.39 is 0 Å². The summed E-state index contributed by atoms with van der Waals surface area (Å²) >= 11 is 13.4. The molecular weight excluding hydrogens is 341 g/mol. The number of nitrogens with two attached hydrogens (primary N) is 1. The fourth-order valence-corrected chi connectivity index (χ4v) is 2.94. The number of benzene rings is 1. The number of nitrogens with zero attached hydrogens (tertiary/aromatic N) is 4. The van der Waals surface area contributed by atoms with Gasteiger partial charge in [0.2, 0.25) is 11.0 Å². The highest BCUT2D eigenvalue weighted by molar-refractivity contribution is 7.98. The second kappa shape index (κ2) is 6.56. The van der Waals surface area contributed by atoms with Gasteiger partial charge in [0, 0.05) is 11.9 Å². The first-order valence-corrected chi connectivity index (χ1v) is 8.08. The second-order valence-electron chi connectivity index (χ2n) is 4.43. The molecule has 0 aliphatic carbocycles. The molecule has 0 saturated heterocycles. The van der Waals surface area contributed by atoms with Crippen LogP contribution in [0.1, 0.15) is 5.56 Å². The number of hydrogen-bond acceptors (Lipinski definition) is 5. The number of nitrogen functional groups attached to an aromatic ring is 1. The zero-order valence-corrected chi connectivity index (χ0v) is 13.6. The van der Waals surface area contributed by atoms with Crippen molar-refractivity contribution < 1.29 is 0 Å². The van der Waals surface area contributed by atoms with Crippen molar-refractivity contribution in [1.82, 2.24) is 19.9 Å². The summed E-state index contributed by atoms with van der Waals surface area (Å²) < 4.78 is 1.44. The largest absolute Gasteiger partial charge is 0.335 e. The van der Waals surface area contributed by atoms with Crippen LogP contribution in [-0.2, 0) is 5.75 Å². The summed E-state index contributed by atoms with van der Waals surface area (Å²) in [6.07, 6.45) is 1.69. The van der Waals surface area contributed by atoms with Crippen LogP contribution < -0.4 is 5.84 Å². The summed E-state index contributed by atoms with van der Waals surface area (Å²) in [5, 5.41) is 9.86. The van der Waals surface area contributed by atoms with Crippen LogP contribution in [0.2, 0.25) is 10.0 Å². The third-order valence-corrected chi connectivity index (χ3v) is 4.66. The third-order valence-electron chi connectivity index (χ3n) is 2.91. The van der Waals surface area contributed by atoms with Crippen molar-refractivity contribution in [2.45, 2.75) is 10.9 Å². The fraction of sp³-hybridized carbons (Fsp3) is 0.0714. The second-order valence-corrected chi connectivity index (χ2v) is 6.19. The topological polar surface area (TPSA) is 69.6 Å². The Hall–Kier alpha value is -1.76. The van der Waals surface area contributed by atoms with E-state index in [9.17, 15) is 0 Å². The van der Waals surface area contributed by atoms with Crippen molar-refractivity contribution in [2.24, 2.45) is 0 Å². The first-order valence-electron chi connectivity index (χ1n) is 6.34. The highest BCUT2D eigenvalue weighted by atomic mass is 35.5. The molecule has 3 aromatic rings. The molecule has 0 bridgehead atoms. The molecule has 0 saturated carbocycles. The van der Waals surface area contributed by atoms with Crippen LogP contribution in [0.3, 0.4) is 0 Å². The van der Waals surface area contributed by atoms with Crippen LogP contribution >= 0.6 is 35.0 Å². The first kappa shape index (κ1) is 15.1. The molecular formula is C14H11Cl2N5S. The minimum absolute atomic E-state index is 0.525. The normalized spacial score (nSPS) is 10.8. The van der Waals surface area contributed by atoms with Gasteiger partial charge in [-0.1, -0.05) is 47.1 Å². The number of thioether (sulfide) groups is 1. The van der Waals surface area contributed by atoms with Crippen molar-refractivity contribution in [2.75, 3.05) is 5.84 Å². The van der Waals surface area contributed by atoms with E-state index in [1.807, 2.05) is 30.3 Å². The molecule has 0 radical (unpaired) electrons. The average molecular weight is 352 g/mol. The minimum Gasteiger partial charge on any atom is -0.335 e. The van der Waals surface area contributed by atoms with Gasteiger partial charge in [0.1, 0.15) is 5.69 Å².